The molecule has 5 heteroatoms. The van der Waals surface area contributed by atoms with E-state index in [1.54, 1.807) is 37.4 Å². The molecule has 2 aromatic carbocycles. The van der Waals surface area contributed by atoms with E-state index in [2.05, 4.69) is 0 Å². The molecule has 0 amide bonds. The molecule has 2 rings (SSSR count). The molecule has 5 nitrogen and oxygen atoms in total. The second-order valence-corrected chi connectivity index (χ2v) is 3.84. The molecule has 2 aromatic rings. The van der Waals surface area contributed by atoms with Gasteiger partial charge >= 0.3 is 5.97 Å². The summed E-state index contributed by atoms with van der Waals surface area (Å²) in [5, 5.41) is 8.98. The Kier molecular flexibility index (Phi) is 3.56. The maximum atomic E-state index is 11.0. The maximum absolute atomic E-state index is 11.0. The number of methoxy groups -OCH3 is 1. The lowest BCUT2D eigenvalue weighted by atomic mass is 10.2. The number of hydrogen-bond donors (Lipinski definition) is 2. The minimum absolute atomic E-state index is 0.0143. The Balaban J connectivity index is 2.28. The zero-order valence-corrected chi connectivity index (χ0v) is 10.3. The van der Waals surface area contributed by atoms with Crippen LogP contribution in [0, 0.1) is 0 Å². The molecule has 0 unspecified atom stereocenters. The molecule has 0 aliphatic carbocycles. The van der Waals surface area contributed by atoms with Gasteiger partial charge in [-0.1, -0.05) is 6.07 Å². The molecular formula is C14H13NO4. The third-order valence-corrected chi connectivity index (χ3v) is 2.53. The van der Waals surface area contributed by atoms with Gasteiger partial charge in [0.2, 0.25) is 0 Å². The highest BCUT2D eigenvalue weighted by atomic mass is 16.5. The quantitative estimate of drug-likeness (QED) is 0.825. The van der Waals surface area contributed by atoms with Crippen LogP contribution in [0.1, 0.15) is 10.4 Å². The van der Waals surface area contributed by atoms with Crippen molar-refractivity contribution in [1.82, 2.24) is 0 Å². The summed E-state index contributed by atoms with van der Waals surface area (Å²) in [5.41, 5.74) is 5.79. The normalized spacial score (nSPS) is 9.95. The van der Waals surface area contributed by atoms with Crippen LogP contribution in [0.4, 0.5) is 5.69 Å². The number of nitrogen functional groups attached to an aromatic ring is 1. The molecule has 0 aliphatic rings. The molecular weight excluding hydrogens is 246 g/mol. The van der Waals surface area contributed by atoms with Crippen LogP contribution in [-0.2, 0) is 0 Å². The maximum Gasteiger partial charge on any atom is 0.337 e. The lowest BCUT2D eigenvalue weighted by Gasteiger charge is -2.09. The van der Waals surface area contributed by atoms with Crippen LogP contribution in [0.3, 0.4) is 0 Å². The summed E-state index contributed by atoms with van der Waals surface area (Å²) < 4.78 is 10.6. The van der Waals surface area contributed by atoms with Crippen LogP contribution in [0.5, 0.6) is 17.2 Å². The average molecular weight is 259 g/mol. The first-order valence-electron chi connectivity index (χ1n) is 5.55. The van der Waals surface area contributed by atoms with E-state index in [1.807, 2.05) is 0 Å². The molecule has 0 bridgehead atoms. The van der Waals surface area contributed by atoms with Gasteiger partial charge in [0, 0.05) is 11.8 Å². The zero-order valence-electron chi connectivity index (χ0n) is 10.3. The second-order valence-electron chi connectivity index (χ2n) is 3.84. The van der Waals surface area contributed by atoms with Crippen molar-refractivity contribution in [3.8, 4) is 17.2 Å². The van der Waals surface area contributed by atoms with Crippen molar-refractivity contribution in [2.24, 2.45) is 0 Å². The van der Waals surface area contributed by atoms with Crippen LogP contribution >= 0.6 is 0 Å². The first-order valence-corrected chi connectivity index (χ1v) is 5.55. The number of benzene rings is 2. The van der Waals surface area contributed by atoms with Gasteiger partial charge in [-0.2, -0.15) is 0 Å². The number of nitrogens with two attached hydrogens (primary N) is 1. The van der Waals surface area contributed by atoms with E-state index < -0.39 is 5.97 Å². The van der Waals surface area contributed by atoms with Gasteiger partial charge in [0.15, 0.2) is 0 Å². The molecule has 0 spiro atoms. The highest BCUT2D eigenvalue weighted by Crippen LogP contribution is 2.27. The van der Waals surface area contributed by atoms with E-state index in [9.17, 15) is 4.79 Å². The van der Waals surface area contributed by atoms with Crippen molar-refractivity contribution >= 4 is 11.7 Å². The molecule has 19 heavy (non-hydrogen) atoms. The highest BCUT2D eigenvalue weighted by molar-refractivity contribution is 5.94. The fourth-order valence-corrected chi connectivity index (χ4v) is 1.58. The minimum atomic E-state index is -1.09. The summed E-state index contributed by atoms with van der Waals surface area (Å²) in [6.45, 7) is 0. The molecule has 0 aliphatic heterocycles. The Morgan fingerprint density at radius 1 is 1.11 bits per heavy atom. The molecule has 0 saturated carbocycles. The van der Waals surface area contributed by atoms with Crippen LogP contribution in [0.25, 0.3) is 0 Å². The standard InChI is InChI=1S/C14H13NO4/c1-18-9-3-2-4-10(7-9)19-11-5-6-13(15)12(8-11)14(16)17/h2-8H,15H2,1H3,(H,16,17). The van der Waals surface area contributed by atoms with Crippen LogP contribution < -0.4 is 15.2 Å². The fraction of sp³-hybridized carbons (Fsp3) is 0.0714. The third kappa shape index (κ3) is 2.95. The summed E-state index contributed by atoms with van der Waals surface area (Å²) in [5.74, 6) is 0.528. The smallest absolute Gasteiger partial charge is 0.337 e. The Labute approximate surface area is 110 Å². The Hall–Kier alpha value is -2.69. The van der Waals surface area contributed by atoms with Crippen molar-refractivity contribution in [3.63, 3.8) is 0 Å². The Morgan fingerprint density at radius 2 is 1.79 bits per heavy atom. The predicted molar refractivity (Wildman–Crippen MR) is 70.9 cm³/mol. The highest BCUT2D eigenvalue weighted by Gasteiger charge is 2.09. The number of carbonyl (C=O) groups is 1. The lowest BCUT2D eigenvalue weighted by Crippen LogP contribution is -2.02. The van der Waals surface area contributed by atoms with Crippen molar-refractivity contribution in [2.75, 3.05) is 12.8 Å². The summed E-state index contributed by atoms with van der Waals surface area (Å²) in [7, 11) is 1.56. The molecule has 0 aromatic heterocycles. The van der Waals surface area contributed by atoms with E-state index in [4.69, 9.17) is 20.3 Å². The summed E-state index contributed by atoms with van der Waals surface area (Å²) in [4.78, 5) is 11.0. The van der Waals surface area contributed by atoms with Gasteiger partial charge < -0.3 is 20.3 Å². The van der Waals surface area contributed by atoms with Crippen LogP contribution in [0.2, 0.25) is 0 Å². The molecule has 0 atom stereocenters. The SMILES string of the molecule is COc1cccc(Oc2ccc(N)c(C(=O)O)c2)c1. The van der Waals surface area contributed by atoms with Gasteiger partial charge in [-0.3, -0.25) is 0 Å². The molecule has 98 valence electrons. The lowest BCUT2D eigenvalue weighted by molar-refractivity contribution is 0.0697. The molecule has 0 saturated heterocycles. The minimum Gasteiger partial charge on any atom is -0.497 e. The average Bonchev–Trinajstić information content (AvgIpc) is 2.41. The Morgan fingerprint density at radius 3 is 2.47 bits per heavy atom. The predicted octanol–water partition coefficient (Wildman–Crippen LogP) is 2.77. The van der Waals surface area contributed by atoms with Crippen molar-refractivity contribution < 1.29 is 19.4 Å². The van der Waals surface area contributed by atoms with E-state index in [0.29, 0.717) is 17.2 Å². The third-order valence-electron chi connectivity index (χ3n) is 2.53. The van der Waals surface area contributed by atoms with Crippen molar-refractivity contribution in [1.29, 1.82) is 0 Å². The van der Waals surface area contributed by atoms with Crippen LogP contribution in [-0.4, -0.2) is 18.2 Å². The number of rotatable bonds is 4. The topological polar surface area (TPSA) is 81.8 Å². The first kappa shape index (κ1) is 12.8. The van der Waals surface area contributed by atoms with Gasteiger partial charge in [0.05, 0.1) is 12.7 Å². The van der Waals surface area contributed by atoms with Crippen LogP contribution in [0.15, 0.2) is 42.5 Å². The molecule has 0 fully saturated rings. The largest absolute Gasteiger partial charge is 0.497 e. The first-order chi connectivity index (χ1) is 9.10. The summed E-state index contributed by atoms with van der Waals surface area (Å²) in [6.07, 6.45) is 0. The number of carboxylic acid groups (broad SMARTS) is 1. The van der Waals surface area contributed by atoms with Gasteiger partial charge in [-0.05, 0) is 30.3 Å². The van der Waals surface area contributed by atoms with E-state index in [0.717, 1.165) is 0 Å². The summed E-state index contributed by atoms with van der Waals surface area (Å²) in [6, 6.07) is 11.5. The van der Waals surface area contributed by atoms with Gasteiger partial charge in [-0.25, -0.2) is 4.79 Å². The van der Waals surface area contributed by atoms with Gasteiger partial charge in [0.1, 0.15) is 17.2 Å². The number of aromatic carboxylic acids is 1. The second kappa shape index (κ2) is 5.30. The van der Waals surface area contributed by atoms with E-state index in [1.165, 1.54) is 12.1 Å². The molecule has 0 radical (unpaired) electrons. The Bertz CT molecular complexity index is 610. The number of ether oxygens (including phenoxy) is 2. The van der Waals surface area contributed by atoms with Gasteiger partial charge in [-0.15, -0.1) is 0 Å². The number of carboxylic acids is 1. The monoisotopic (exact) mass is 259 g/mol. The van der Waals surface area contributed by atoms with E-state index >= 15 is 0 Å². The van der Waals surface area contributed by atoms with Crippen molar-refractivity contribution in [3.05, 3.63) is 48.0 Å². The fourth-order valence-electron chi connectivity index (χ4n) is 1.58. The number of anilines is 1. The molecule has 3 N–H and O–H groups in total. The van der Waals surface area contributed by atoms with Gasteiger partial charge in [0.25, 0.3) is 0 Å². The zero-order chi connectivity index (χ0) is 13.8. The summed E-state index contributed by atoms with van der Waals surface area (Å²) >= 11 is 0. The van der Waals surface area contributed by atoms with E-state index in [-0.39, 0.29) is 11.3 Å². The number of hydrogen-bond acceptors (Lipinski definition) is 4. The molecule has 0 heterocycles. The van der Waals surface area contributed by atoms with Crippen molar-refractivity contribution in [2.45, 2.75) is 0 Å².